The van der Waals surface area contributed by atoms with Crippen LogP contribution in [0.4, 0.5) is 6.01 Å². The molecule has 2 atom stereocenters. The molecule has 1 aromatic rings. The molecular formula is C16H27N3O2. The zero-order valence-electron chi connectivity index (χ0n) is 13.2. The molecule has 5 heteroatoms. The molecule has 0 amide bonds. The highest BCUT2D eigenvalue weighted by Crippen LogP contribution is 2.31. The Kier molecular flexibility index (Phi) is 4.80. The number of fused-ring (bicyclic) bond motifs is 1. The minimum absolute atomic E-state index is 0.363. The Balaban J connectivity index is 1.61. The molecule has 1 aliphatic heterocycles. The summed E-state index contributed by atoms with van der Waals surface area (Å²) in [4.78, 5) is 6.98. The molecule has 1 saturated heterocycles. The first-order valence-electron chi connectivity index (χ1n) is 8.27. The predicted molar refractivity (Wildman–Crippen MR) is 82.4 cm³/mol. The number of morpholine rings is 1. The Morgan fingerprint density at radius 3 is 3.10 bits per heavy atom. The molecule has 118 valence electrons. The van der Waals surface area contributed by atoms with Crippen molar-refractivity contribution >= 4 is 6.01 Å². The van der Waals surface area contributed by atoms with Gasteiger partial charge in [-0.1, -0.05) is 26.7 Å². The Morgan fingerprint density at radius 2 is 2.24 bits per heavy atom. The molecule has 0 aromatic carbocycles. The largest absolute Gasteiger partial charge is 0.432 e. The summed E-state index contributed by atoms with van der Waals surface area (Å²) < 4.78 is 11.6. The van der Waals surface area contributed by atoms with E-state index >= 15 is 0 Å². The third kappa shape index (κ3) is 3.58. The summed E-state index contributed by atoms with van der Waals surface area (Å²) in [6.45, 7) is 7.87. The lowest BCUT2D eigenvalue weighted by Crippen LogP contribution is -2.53. The Bertz CT molecular complexity index is 444. The van der Waals surface area contributed by atoms with Gasteiger partial charge in [0.1, 0.15) is 6.26 Å². The van der Waals surface area contributed by atoms with Crippen LogP contribution in [0.15, 0.2) is 10.7 Å². The molecule has 5 nitrogen and oxygen atoms in total. The molecule has 1 aromatic heterocycles. The SMILES string of the molecule is CC(C)CNCc1coc(N2CCOC3CCCCC32)n1. The normalized spacial score (nSPS) is 26.1. The molecule has 1 aliphatic carbocycles. The van der Waals surface area contributed by atoms with Gasteiger partial charge in [0.2, 0.25) is 0 Å². The second kappa shape index (κ2) is 6.79. The van der Waals surface area contributed by atoms with Gasteiger partial charge in [-0.05, 0) is 25.3 Å². The van der Waals surface area contributed by atoms with Gasteiger partial charge in [0, 0.05) is 13.1 Å². The minimum atomic E-state index is 0.363. The van der Waals surface area contributed by atoms with Gasteiger partial charge in [-0.2, -0.15) is 4.98 Å². The van der Waals surface area contributed by atoms with Gasteiger partial charge in [0.05, 0.1) is 24.4 Å². The van der Waals surface area contributed by atoms with Gasteiger partial charge in [0.15, 0.2) is 0 Å². The van der Waals surface area contributed by atoms with Gasteiger partial charge in [-0.15, -0.1) is 0 Å². The molecule has 0 radical (unpaired) electrons. The first kappa shape index (κ1) is 14.9. The van der Waals surface area contributed by atoms with Crippen LogP contribution in [0, 0.1) is 5.92 Å². The van der Waals surface area contributed by atoms with Crippen molar-refractivity contribution in [3.63, 3.8) is 0 Å². The molecular weight excluding hydrogens is 266 g/mol. The van der Waals surface area contributed by atoms with E-state index in [4.69, 9.17) is 9.15 Å². The summed E-state index contributed by atoms with van der Waals surface area (Å²) in [6, 6.07) is 1.22. The van der Waals surface area contributed by atoms with Gasteiger partial charge in [-0.25, -0.2) is 0 Å². The summed E-state index contributed by atoms with van der Waals surface area (Å²) in [6.07, 6.45) is 7.08. The zero-order valence-corrected chi connectivity index (χ0v) is 13.2. The molecule has 21 heavy (non-hydrogen) atoms. The van der Waals surface area contributed by atoms with Crippen LogP contribution >= 0.6 is 0 Å². The quantitative estimate of drug-likeness (QED) is 0.904. The number of aromatic nitrogens is 1. The minimum Gasteiger partial charge on any atom is -0.432 e. The van der Waals surface area contributed by atoms with E-state index in [0.717, 1.165) is 37.9 Å². The number of oxazole rings is 1. The van der Waals surface area contributed by atoms with Gasteiger partial charge in [-0.3, -0.25) is 0 Å². The van der Waals surface area contributed by atoms with Crippen LogP contribution in [0.1, 0.15) is 45.2 Å². The first-order chi connectivity index (χ1) is 10.2. The number of anilines is 1. The van der Waals surface area contributed by atoms with E-state index in [2.05, 4.69) is 29.0 Å². The highest BCUT2D eigenvalue weighted by atomic mass is 16.5. The Hall–Kier alpha value is -1.07. The van der Waals surface area contributed by atoms with Gasteiger partial charge < -0.3 is 19.4 Å². The monoisotopic (exact) mass is 293 g/mol. The summed E-state index contributed by atoms with van der Waals surface area (Å²) in [5.74, 6) is 0.651. The van der Waals surface area contributed by atoms with Crippen molar-refractivity contribution in [2.24, 2.45) is 5.92 Å². The van der Waals surface area contributed by atoms with E-state index in [1.807, 2.05) is 0 Å². The maximum atomic E-state index is 5.91. The second-order valence-electron chi connectivity index (χ2n) is 6.60. The Labute approximate surface area is 127 Å². The molecule has 2 aliphatic rings. The number of nitrogens with one attached hydrogen (secondary N) is 1. The first-order valence-corrected chi connectivity index (χ1v) is 8.27. The van der Waals surface area contributed by atoms with Crippen molar-refractivity contribution in [2.75, 3.05) is 24.6 Å². The molecule has 0 spiro atoms. The topological polar surface area (TPSA) is 50.5 Å². The van der Waals surface area contributed by atoms with Crippen molar-refractivity contribution in [1.29, 1.82) is 0 Å². The van der Waals surface area contributed by atoms with Crippen LogP contribution in [0.25, 0.3) is 0 Å². The smallest absolute Gasteiger partial charge is 0.297 e. The summed E-state index contributed by atoms with van der Waals surface area (Å²) >= 11 is 0. The fraction of sp³-hybridized carbons (Fsp3) is 0.812. The van der Waals surface area contributed by atoms with Gasteiger partial charge in [0.25, 0.3) is 6.01 Å². The molecule has 3 rings (SSSR count). The lowest BCUT2D eigenvalue weighted by Gasteiger charge is -2.42. The van der Waals surface area contributed by atoms with E-state index < -0.39 is 0 Å². The summed E-state index contributed by atoms with van der Waals surface area (Å²) in [5.41, 5.74) is 0.990. The number of nitrogens with zero attached hydrogens (tertiary/aromatic N) is 2. The molecule has 2 unspecified atom stereocenters. The lowest BCUT2D eigenvalue weighted by atomic mass is 9.90. The fourth-order valence-corrected chi connectivity index (χ4v) is 3.33. The summed E-state index contributed by atoms with van der Waals surface area (Å²) in [7, 11) is 0. The van der Waals surface area contributed by atoms with E-state index in [9.17, 15) is 0 Å². The van der Waals surface area contributed by atoms with Crippen LogP contribution in [0.2, 0.25) is 0 Å². The van der Waals surface area contributed by atoms with Crippen molar-refractivity contribution in [3.05, 3.63) is 12.0 Å². The van der Waals surface area contributed by atoms with E-state index in [1.165, 1.54) is 25.7 Å². The number of hydrogen-bond donors (Lipinski definition) is 1. The summed E-state index contributed by atoms with van der Waals surface area (Å²) in [5, 5.41) is 3.41. The van der Waals surface area contributed by atoms with Crippen LogP contribution < -0.4 is 10.2 Å². The van der Waals surface area contributed by atoms with Crippen LogP contribution in [-0.4, -0.2) is 36.8 Å². The maximum absolute atomic E-state index is 5.91. The third-order valence-corrected chi connectivity index (χ3v) is 4.38. The van der Waals surface area contributed by atoms with Crippen LogP contribution in [0.3, 0.4) is 0 Å². The van der Waals surface area contributed by atoms with Crippen LogP contribution in [0.5, 0.6) is 0 Å². The highest BCUT2D eigenvalue weighted by molar-refractivity contribution is 5.31. The van der Waals surface area contributed by atoms with Crippen molar-refractivity contribution in [2.45, 2.75) is 58.2 Å². The lowest BCUT2D eigenvalue weighted by molar-refractivity contribution is -0.0106. The third-order valence-electron chi connectivity index (χ3n) is 4.38. The molecule has 2 fully saturated rings. The average molecular weight is 293 g/mol. The van der Waals surface area contributed by atoms with E-state index in [-0.39, 0.29) is 0 Å². The van der Waals surface area contributed by atoms with Crippen molar-refractivity contribution < 1.29 is 9.15 Å². The van der Waals surface area contributed by atoms with Gasteiger partial charge >= 0.3 is 0 Å². The van der Waals surface area contributed by atoms with Crippen molar-refractivity contribution in [3.8, 4) is 0 Å². The average Bonchev–Trinajstić information content (AvgIpc) is 2.95. The molecule has 1 N–H and O–H groups in total. The highest BCUT2D eigenvalue weighted by Gasteiger charge is 2.36. The van der Waals surface area contributed by atoms with E-state index in [0.29, 0.717) is 18.1 Å². The maximum Gasteiger partial charge on any atom is 0.297 e. The zero-order chi connectivity index (χ0) is 14.7. The van der Waals surface area contributed by atoms with E-state index in [1.54, 1.807) is 6.26 Å². The van der Waals surface area contributed by atoms with Crippen LogP contribution in [-0.2, 0) is 11.3 Å². The molecule has 2 heterocycles. The standard InChI is InChI=1S/C16H27N3O2/c1-12(2)9-17-10-13-11-21-16(18-13)19-7-8-20-15-6-4-3-5-14(15)19/h11-12,14-15,17H,3-10H2,1-2H3. The fourth-order valence-electron chi connectivity index (χ4n) is 3.33. The number of ether oxygens (including phenoxy) is 1. The van der Waals surface area contributed by atoms with Crippen molar-refractivity contribution in [1.82, 2.24) is 10.3 Å². The Morgan fingerprint density at radius 1 is 1.38 bits per heavy atom. The predicted octanol–water partition coefficient (Wildman–Crippen LogP) is 2.57. The molecule has 0 bridgehead atoms. The molecule has 1 saturated carbocycles. The number of rotatable bonds is 5. The number of hydrogen-bond acceptors (Lipinski definition) is 5. The second-order valence-corrected chi connectivity index (χ2v) is 6.60.